The van der Waals surface area contributed by atoms with Crippen molar-refractivity contribution < 1.29 is 13.6 Å². The fourth-order valence-electron chi connectivity index (χ4n) is 0.798. The third kappa shape index (κ3) is 2.58. The van der Waals surface area contributed by atoms with Crippen molar-refractivity contribution in [1.82, 2.24) is 5.32 Å². The number of rotatable bonds is 0. The van der Waals surface area contributed by atoms with E-state index < -0.39 is 18.1 Å². The van der Waals surface area contributed by atoms with Gasteiger partial charge in [0.1, 0.15) is 0 Å². The number of carbonyl (C=O) groups excluding carboxylic acids is 1. The average molecular weight is 172 g/mol. The molecule has 0 aliphatic carbocycles. The minimum atomic E-state index is -2.81. The molecule has 5 heteroatoms. The maximum atomic E-state index is 12.2. The van der Waals surface area contributed by atoms with E-state index in [0.29, 0.717) is 0 Å². The molecule has 0 unspecified atom stereocenters. The Bertz CT molecular complexity index is 140. The Morgan fingerprint density at radius 1 is 1.50 bits per heavy atom. The van der Waals surface area contributed by atoms with Crippen molar-refractivity contribution in [2.45, 2.75) is 12.3 Å². The Hall–Kier alpha value is -0.220. The number of nitrogens with one attached hydrogen (secondary N) is 1. The SMILES string of the molecule is Cl.O=C1CNCC(F)(F)C1. The van der Waals surface area contributed by atoms with Gasteiger partial charge in [-0.1, -0.05) is 0 Å². The number of Topliss-reactive ketones (excluding diaryl/α,β-unsaturated/α-hetero) is 1. The number of hydrogen-bond donors (Lipinski definition) is 1. The minimum Gasteiger partial charge on any atom is -0.304 e. The molecule has 1 rings (SSSR count). The van der Waals surface area contributed by atoms with Gasteiger partial charge in [0.15, 0.2) is 5.78 Å². The highest BCUT2D eigenvalue weighted by Gasteiger charge is 2.34. The van der Waals surface area contributed by atoms with Crippen LogP contribution in [0.5, 0.6) is 0 Å². The number of piperidine rings is 1. The molecule has 1 aliphatic rings. The summed E-state index contributed by atoms with van der Waals surface area (Å²) in [7, 11) is 0. The van der Waals surface area contributed by atoms with Crippen LogP contribution in [-0.4, -0.2) is 24.8 Å². The van der Waals surface area contributed by atoms with Gasteiger partial charge >= 0.3 is 0 Å². The van der Waals surface area contributed by atoms with Crippen molar-refractivity contribution in [2.75, 3.05) is 13.1 Å². The monoisotopic (exact) mass is 171 g/mol. The van der Waals surface area contributed by atoms with E-state index in [1.54, 1.807) is 0 Å². The molecule has 0 radical (unpaired) electrons. The molecule has 0 amide bonds. The molecule has 0 aromatic carbocycles. The first-order valence-corrected chi connectivity index (χ1v) is 2.70. The molecule has 0 saturated carbocycles. The number of carbonyl (C=O) groups is 1. The molecule has 60 valence electrons. The standard InChI is InChI=1S/C5H7F2NO.ClH/c6-5(7)1-4(9)2-8-3-5;/h8H,1-3H2;1H. The first-order chi connectivity index (χ1) is 4.10. The maximum absolute atomic E-state index is 12.2. The second kappa shape index (κ2) is 3.25. The van der Waals surface area contributed by atoms with E-state index in [9.17, 15) is 13.6 Å². The van der Waals surface area contributed by atoms with Crippen molar-refractivity contribution >= 4 is 18.2 Å². The van der Waals surface area contributed by atoms with Crippen LogP contribution in [0.25, 0.3) is 0 Å². The van der Waals surface area contributed by atoms with Gasteiger partial charge in [-0.05, 0) is 0 Å². The molecule has 10 heavy (non-hydrogen) atoms. The summed E-state index contributed by atoms with van der Waals surface area (Å²) in [5.74, 6) is -3.22. The zero-order valence-corrected chi connectivity index (χ0v) is 6.01. The van der Waals surface area contributed by atoms with Gasteiger partial charge in [-0.2, -0.15) is 0 Å². The predicted octanol–water partition coefficient (Wildman–Crippen LogP) is 0.606. The lowest BCUT2D eigenvalue weighted by atomic mass is 10.1. The average Bonchev–Trinajstić information content (AvgIpc) is 1.60. The zero-order chi connectivity index (χ0) is 6.91. The van der Waals surface area contributed by atoms with Gasteiger partial charge in [0.2, 0.25) is 0 Å². The van der Waals surface area contributed by atoms with Crippen LogP contribution in [-0.2, 0) is 4.79 Å². The van der Waals surface area contributed by atoms with Gasteiger partial charge in [-0.25, -0.2) is 8.78 Å². The summed E-state index contributed by atoms with van der Waals surface area (Å²) in [6, 6.07) is 0. The van der Waals surface area contributed by atoms with Gasteiger partial charge in [-0.15, -0.1) is 12.4 Å². The Kier molecular flexibility index (Phi) is 3.18. The highest BCUT2D eigenvalue weighted by atomic mass is 35.5. The van der Waals surface area contributed by atoms with Crippen molar-refractivity contribution in [1.29, 1.82) is 0 Å². The lowest BCUT2D eigenvalue weighted by Gasteiger charge is -2.20. The molecule has 1 heterocycles. The Morgan fingerprint density at radius 2 is 2.10 bits per heavy atom. The molecule has 0 aromatic rings. The Morgan fingerprint density at radius 3 is 2.40 bits per heavy atom. The van der Waals surface area contributed by atoms with E-state index in [1.165, 1.54) is 0 Å². The van der Waals surface area contributed by atoms with Crippen LogP contribution in [0.3, 0.4) is 0 Å². The molecule has 0 spiro atoms. The van der Waals surface area contributed by atoms with Crippen LogP contribution >= 0.6 is 12.4 Å². The smallest absolute Gasteiger partial charge is 0.267 e. The third-order valence-corrected chi connectivity index (χ3v) is 1.16. The third-order valence-electron chi connectivity index (χ3n) is 1.16. The van der Waals surface area contributed by atoms with Crippen molar-refractivity contribution in [3.05, 3.63) is 0 Å². The fraction of sp³-hybridized carbons (Fsp3) is 0.800. The van der Waals surface area contributed by atoms with Gasteiger partial charge in [0, 0.05) is 0 Å². The van der Waals surface area contributed by atoms with E-state index in [2.05, 4.69) is 5.32 Å². The topological polar surface area (TPSA) is 29.1 Å². The van der Waals surface area contributed by atoms with Crippen molar-refractivity contribution in [2.24, 2.45) is 0 Å². The number of halogens is 3. The maximum Gasteiger partial charge on any atom is 0.267 e. The molecule has 0 bridgehead atoms. The minimum absolute atomic E-state index is 0. The predicted molar refractivity (Wildman–Crippen MR) is 34.7 cm³/mol. The van der Waals surface area contributed by atoms with Crippen molar-refractivity contribution in [3.8, 4) is 0 Å². The lowest BCUT2D eigenvalue weighted by Crippen LogP contribution is -2.44. The summed E-state index contributed by atoms with van der Waals surface area (Å²) in [4.78, 5) is 10.3. The first-order valence-electron chi connectivity index (χ1n) is 2.70. The molecule has 1 aliphatic heterocycles. The van der Waals surface area contributed by atoms with Gasteiger partial charge in [-0.3, -0.25) is 4.79 Å². The largest absolute Gasteiger partial charge is 0.304 e. The van der Waals surface area contributed by atoms with E-state index in [1.807, 2.05) is 0 Å². The summed E-state index contributed by atoms with van der Waals surface area (Å²) in [5, 5.41) is 2.33. The summed E-state index contributed by atoms with van der Waals surface area (Å²) < 4.78 is 24.3. The molecule has 0 atom stereocenters. The second-order valence-corrected chi connectivity index (χ2v) is 2.17. The van der Waals surface area contributed by atoms with E-state index in [0.717, 1.165) is 0 Å². The normalized spacial score (nSPS) is 23.6. The Balaban J connectivity index is 0.000000810. The first kappa shape index (κ1) is 9.78. The lowest BCUT2D eigenvalue weighted by molar-refractivity contribution is -0.129. The van der Waals surface area contributed by atoms with Crippen LogP contribution in [0.4, 0.5) is 8.78 Å². The van der Waals surface area contributed by atoms with Gasteiger partial charge in [0.25, 0.3) is 5.92 Å². The number of hydrogen-bond acceptors (Lipinski definition) is 2. The van der Waals surface area contributed by atoms with Crippen LogP contribution < -0.4 is 5.32 Å². The molecule has 1 fully saturated rings. The van der Waals surface area contributed by atoms with Crippen LogP contribution in [0.1, 0.15) is 6.42 Å². The number of alkyl halides is 2. The van der Waals surface area contributed by atoms with E-state index >= 15 is 0 Å². The van der Waals surface area contributed by atoms with Crippen molar-refractivity contribution in [3.63, 3.8) is 0 Å². The fourth-order valence-corrected chi connectivity index (χ4v) is 0.798. The summed E-state index contributed by atoms with van der Waals surface area (Å²) in [5.41, 5.74) is 0. The second-order valence-electron chi connectivity index (χ2n) is 2.17. The van der Waals surface area contributed by atoms with Crippen LogP contribution in [0.15, 0.2) is 0 Å². The van der Waals surface area contributed by atoms with Crippen LogP contribution in [0.2, 0.25) is 0 Å². The molecule has 1 saturated heterocycles. The molecule has 2 nitrogen and oxygen atoms in total. The summed E-state index contributed by atoms with van der Waals surface area (Å²) in [6.07, 6.45) is -0.597. The highest BCUT2D eigenvalue weighted by molar-refractivity contribution is 5.85. The molecule has 0 aromatic heterocycles. The van der Waals surface area contributed by atoms with E-state index in [4.69, 9.17) is 0 Å². The van der Waals surface area contributed by atoms with Gasteiger partial charge < -0.3 is 5.32 Å². The molecular formula is C5H8ClF2NO. The van der Waals surface area contributed by atoms with Crippen LogP contribution in [0, 0.1) is 0 Å². The number of ketones is 1. The Labute approximate surface area is 63.4 Å². The zero-order valence-electron chi connectivity index (χ0n) is 5.19. The highest BCUT2D eigenvalue weighted by Crippen LogP contribution is 2.19. The summed E-state index contributed by atoms with van der Waals surface area (Å²) in [6.45, 7) is -0.270. The quantitative estimate of drug-likeness (QED) is 0.579. The molecular weight excluding hydrogens is 164 g/mol. The summed E-state index contributed by atoms with van der Waals surface area (Å²) >= 11 is 0. The van der Waals surface area contributed by atoms with E-state index in [-0.39, 0.29) is 25.5 Å². The van der Waals surface area contributed by atoms with Gasteiger partial charge in [0.05, 0.1) is 19.5 Å². The molecule has 1 N–H and O–H groups in total.